The number of Topliss-reactive ketones (excluding diaryl/α,β-unsaturated/α-hetero) is 1. The van der Waals surface area contributed by atoms with E-state index in [1.165, 1.54) is 19.1 Å². The molecule has 1 saturated heterocycles. The molecule has 0 aliphatic carbocycles. The standard InChI is InChI=1S/C24H20F3N3O3/c1-13-9-18(14(2)30(13)17-6-4-5-15(25)10-17)21(31)12-29-22(32)24(3,28-23(29)33)19-11-16(26)7-8-20(19)27/h4-11H,12H2,1-3H3,(H,28,33). The quantitative estimate of drug-likeness (QED) is 0.464. The van der Waals surface area contributed by atoms with Gasteiger partial charge in [-0.1, -0.05) is 6.07 Å². The maximum atomic E-state index is 14.3. The van der Waals surface area contributed by atoms with Crippen LogP contribution in [-0.2, 0) is 10.3 Å². The Bertz CT molecular complexity index is 1320. The van der Waals surface area contributed by atoms with Crippen molar-refractivity contribution < 1.29 is 27.6 Å². The Morgan fingerprint density at radius 1 is 1.00 bits per heavy atom. The lowest BCUT2D eigenvalue weighted by Crippen LogP contribution is -2.42. The van der Waals surface area contributed by atoms with Crippen molar-refractivity contribution in [1.29, 1.82) is 0 Å². The molecule has 1 aliphatic heterocycles. The van der Waals surface area contributed by atoms with Crippen LogP contribution in [0.15, 0.2) is 48.5 Å². The molecule has 0 saturated carbocycles. The zero-order chi connectivity index (χ0) is 24.1. The van der Waals surface area contributed by atoms with Crippen molar-refractivity contribution in [2.75, 3.05) is 6.54 Å². The summed E-state index contributed by atoms with van der Waals surface area (Å²) in [6, 6.07) is 9.17. The molecule has 4 rings (SSSR count). The number of amides is 3. The van der Waals surface area contributed by atoms with Gasteiger partial charge in [-0.05, 0) is 63.2 Å². The van der Waals surface area contributed by atoms with Gasteiger partial charge in [-0.2, -0.15) is 0 Å². The first-order valence-corrected chi connectivity index (χ1v) is 10.1. The van der Waals surface area contributed by atoms with Crippen LogP contribution in [0.25, 0.3) is 5.69 Å². The number of nitrogens with one attached hydrogen (secondary N) is 1. The van der Waals surface area contributed by atoms with Crippen molar-refractivity contribution in [2.45, 2.75) is 26.3 Å². The Balaban J connectivity index is 1.63. The lowest BCUT2D eigenvalue weighted by Gasteiger charge is -2.22. The van der Waals surface area contributed by atoms with E-state index in [0.29, 0.717) is 22.0 Å². The average molecular weight is 455 g/mol. The number of urea groups is 1. The molecule has 1 N–H and O–H groups in total. The van der Waals surface area contributed by atoms with Crippen LogP contribution in [0.5, 0.6) is 0 Å². The van der Waals surface area contributed by atoms with Crippen molar-refractivity contribution in [3.8, 4) is 5.69 Å². The fourth-order valence-electron chi connectivity index (χ4n) is 4.19. The summed E-state index contributed by atoms with van der Waals surface area (Å²) in [6.45, 7) is 4.07. The molecule has 1 aliphatic rings. The van der Waals surface area contributed by atoms with Gasteiger partial charge in [0.1, 0.15) is 23.0 Å². The van der Waals surface area contributed by atoms with E-state index in [-0.39, 0.29) is 11.1 Å². The summed E-state index contributed by atoms with van der Waals surface area (Å²) < 4.78 is 43.4. The minimum Gasteiger partial charge on any atom is -0.319 e. The third-order valence-corrected chi connectivity index (χ3v) is 5.84. The van der Waals surface area contributed by atoms with Crippen molar-refractivity contribution in [2.24, 2.45) is 0 Å². The summed E-state index contributed by atoms with van der Waals surface area (Å²) in [6.07, 6.45) is 0. The van der Waals surface area contributed by atoms with Gasteiger partial charge in [0.25, 0.3) is 5.91 Å². The van der Waals surface area contributed by atoms with Crippen LogP contribution in [0.1, 0.15) is 34.2 Å². The molecular formula is C24H20F3N3O3. The van der Waals surface area contributed by atoms with E-state index in [1.807, 2.05) is 0 Å². The molecule has 2 aromatic carbocycles. The molecule has 9 heteroatoms. The number of hydrogen-bond donors (Lipinski definition) is 1. The molecule has 1 unspecified atom stereocenters. The number of aryl methyl sites for hydroxylation is 1. The van der Waals surface area contributed by atoms with Gasteiger partial charge in [0.15, 0.2) is 5.78 Å². The predicted octanol–water partition coefficient (Wildman–Crippen LogP) is 4.16. The van der Waals surface area contributed by atoms with Crippen molar-refractivity contribution in [3.05, 3.63) is 88.5 Å². The summed E-state index contributed by atoms with van der Waals surface area (Å²) in [5, 5.41) is 2.37. The minimum absolute atomic E-state index is 0.253. The van der Waals surface area contributed by atoms with Gasteiger partial charge in [-0.3, -0.25) is 14.5 Å². The molecule has 0 bridgehead atoms. The highest BCUT2D eigenvalue weighted by Gasteiger charge is 2.51. The first-order chi connectivity index (χ1) is 15.5. The molecule has 170 valence electrons. The highest BCUT2D eigenvalue weighted by molar-refractivity contribution is 6.11. The smallest absolute Gasteiger partial charge is 0.319 e. The fourth-order valence-corrected chi connectivity index (χ4v) is 4.19. The van der Waals surface area contributed by atoms with Gasteiger partial charge in [0.05, 0.1) is 6.54 Å². The lowest BCUT2D eigenvalue weighted by molar-refractivity contribution is -0.130. The largest absolute Gasteiger partial charge is 0.325 e. The first-order valence-electron chi connectivity index (χ1n) is 10.1. The first kappa shape index (κ1) is 22.3. The normalized spacial score (nSPS) is 18.1. The lowest BCUT2D eigenvalue weighted by atomic mass is 9.91. The van der Waals surface area contributed by atoms with Crippen molar-refractivity contribution >= 4 is 17.7 Å². The van der Waals surface area contributed by atoms with Crippen LogP contribution in [0.4, 0.5) is 18.0 Å². The van der Waals surface area contributed by atoms with E-state index in [9.17, 15) is 27.6 Å². The molecule has 6 nitrogen and oxygen atoms in total. The number of imide groups is 1. The Morgan fingerprint density at radius 2 is 1.70 bits per heavy atom. The summed E-state index contributed by atoms with van der Waals surface area (Å²) in [5.41, 5.74) is -0.252. The highest BCUT2D eigenvalue weighted by atomic mass is 19.1. The topological polar surface area (TPSA) is 71.4 Å². The summed E-state index contributed by atoms with van der Waals surface area (Å²) >= 11 is 0. The molecule has 1 aromatic heterocycles. The zero-order valence-electron chi connectivity index (χ0n) is 18.1. The Hall–Kier alpha value is -3.88. The van der Waals surface area contributed by atoms with E-state index in [0.717, 1.165) is 18.2 Å². The molecular weight excluding hydrogens is 435 g/mol. The number of benzene rings is 2. The molecule has 2 heterocycles. The Morgan fingerprint density at radius 3 is 2.39 bits per heavy atom. The summed E-state index contributed by atoms with van der Waals surface area (Å²) in [7, 11) is 0. The van der Waals surface area contributed by atoms with Gasteiger partial charge in [-0.15, -0.1) is 0 Å². The molecule has 0 radical (unpaired) electrons. The van der Waals surface area contributed by atoms with E-state index in [1.54, 1.807) is 36.6 Å². The Kier molecular flexibility index (Phi) is 5.35. The molecule has 0 spiro atoms. The third kappa shape index (κ3) is 3.69. The van der Waals surface area contributed by atoms with Crippen LogP contribution in [0.3, 0.4) is 0 Å². The van der Waals surface area contributed by atoms with Crippen LogP contribution in [-0.4, -0.2) is 33.7 Å². The second-order valence-electron chi connectivity index (χ2n) is 8.09. The number of carbonyl (C=O) groups excluding carboxylic acids is 3. The van der Waals surface area contributed by atoms with Gasteiger partial charge in [-0.25, -0.2) is 18.0 Å². The zero-order valence-corrected chi connectivity index (χ0v) is 18.1. The average Bonchev–Trinajstić information content (AvgIpc) is 3.17. The summed E-state index contributed by atoms with van der Waals surface area (Å²) in [5.74, 6) is -3.47. The number of carbonyl (C=O) groups is 3. The van der Waals surface area contributed by atoms with Gasteiger partial charge >= 0.3 is 6.03 Å². The molecule has 1 fully saturated rings. The van der Waals surface area contributed by atoms with Crippen LogP contribution < -0.4 is 5.32 Å². The number of rotatable bonds is 5. The van der Waals surface area contributed by atoms with E-state index in [2.05, 4.69) is 5.32 Å². The number of hydrogen-bond acceptors (Lipinski definition) is 3. The van der Waals surface area contributed by atoms with E-state index < -0.39 is 47.3 Å². The number of halogens is 3. The van der Waals surface area contributed by atoms with Gasteiger partial charge in [0.2, 0.25) is 0 Å². The third-order valence-electron chi connectivity index (χ3n) is 5.84. The SMILES string of the molecule is Cc1cc(C(=O)CN2C(=O)NC(C)(c3cc(F)ccc3F)C2=O)c(C)n1-c1cccc(F)c1. The van der Waals surface area contributed by atoms with Crippen LogP contribution >= 0.6 is 0 Å². The second-order valence-corrected chi connectivity index (χ2v) is 8.09. The van der Waals surface area contributed by atoms with Crippen molar-refractivity contribution in [3.63, 3.8) is 0 Å². The summed E-state index contributed by atoms with van der Waals surface area (Å²) in [4.78, 5) is 39.3. The maximum Gasteiger partial charge on any atom is 0.325 e. The molecule has 33 heavy (non-hydrogen) atoms. The molecule has 3 aromatic rings. The van der Waals surface area contributed by atoms with Crippen LogP contribution in [0, 0.1) is 31.3 Å². The fraction of sp³-hybridized carbons (Fsp3) is 0.208. The predicted molar refractivity (Wildman–Crippen MR) is 113 cm³/mol. The van der Waals surface area contributed by atoms with E-state index in [4.69, 9.17) is 0 Å². The Labute approximate surface area is 187 Å². The van der Waals surface area contributed by atoms with Crippen LogP contribution in [0.2, 0.25) is 0 Å². The monoisotopic (exact) mass is 455 g/mol. The maximum absolute atomic E-state index is 14.3. The highest BCUT2D eigenvalue weighted by Crippen LogP contribution is 2.31. The number of aromatic nitrogens is 1. The number of nitrogens with zero attached hydrogens (tertiary/aromatic N) is 2. The molecule has 1 atom stereocenters. The molecule has 3 amide bonds. The second kappa shape index (κ2) is 7.91. The van der Waals surface area contributed by atoms with Gasteiger partial charge in [0, 0.05) is 28.2 Å². The van der Waals surface area contributed by atoms with Gasteiger partial charge < -0.3 is 9.88 Å². The minimum atomic E-state index is -1.86. The van der Waals surface area contributed by atoms with Crippen molar-refractivity contribution in [1.82, 2.24) is 14.8 Å². The van der Waals surface area contributed by atoms with E-state index >= 15 is 0 Å². The number of ketones is 1.